The molecule has 0 unspecified atom stereocenters. The van der Waals surface area contributed by atoms with Crippen molar-refractivity contribution in [1.82, 2.24) is 4.90 Å². The van der Waals surface area contributed by atoms with Crippen LogP contribution >= 0.6 is 27.3 Å². The van der Waals surface area contributed by atoms with Crippen LogP contribution in [0.5, 0.6) is 0 Å². The molecule has 2 nitrogen and oxygen atoms in total. The molecule has 1 amide bonds. The van der Waals surface area contributed by atoms with E-state index in [4.69, 9.17) is 0 Å². The van der Waals surface area contributed by atoms with Crippen molar-refractivity contribution in [2.45, 2.75) is 26.8 Å². The van der Waals surface area contributed by atoms with Gasteiger partial charge >= 0.3 is 0 Å². The number of thiophene rings is 1. The lowest BCUT2D eigenvalue weighted by Crippen LogP contribution is -2.36. The number of rotatable bonds is 3. The number of hydrogen-bond acceptors (Lipinski definition) is 2. The molecule has 78 valence electrons. The number of amides is 1. The highest BCUT2D eigenvalue weighted by atomic mass is 79.9. The van der Waals surface area contributed by atoms with Gasteiger partial charge in [-0.2, -0.15) is 0 Å². The summed E-state index contributed by atoms with van der Waals surface area (Å²) in [5, 5.41) is 0. The number of carbonyl (C=O) groups is 1. The van der Waals surface area contributed by atoms with Crippen LogP contribution in [-0.2, 0) is 0 Å². The van der Waals surface area contributed by atoms with Gasteiger partial charge in [0.2, 0.25) is 0 Å². The summed E-state index contributed by atoms with van der Waals surface area (Å²) in [7, 11) is 0. The highest BCUT2D eigenvalue weighted by Crippen LogP contribution is 2.23. The number of nitrogens with zero attached hydrogens (tertiary/aromatic N) is 1. The van der Waals surface area contributed by atoms with Gasteiger partial charge in [0.15, 0.2) is 0 Å². The minimum absolute atomic E-state index is 0.123. The van der Waals surface area contributed by atoms with Crippen molar-refractivity contribution in [3.8, 4) is 0 Å². The van der Waals surface area contributed by atoms with E-state index in [2.05, 4.69) is 15.9 Å². The maximum Gasteiger partial charge on any atom is 0.264 e. The molecule has 0 saturated heterocycles. The third-order valence-electron chi connectivity index (χ3n) is 2.01. The largest absolute Gasteiger partial charge is 0.336 e. The molecule has 0 saturated carbocycles. The Labute approximate surface area is 97.1 Å². The average Bonchev–Trinajstić information content (AvgIpc) is 2.52. The highest BCUT2D eigenvalue weighted by Gasteiger charge is 2.18. The fourth-order valence-electron chi connectivity index (χ4n) is 1.31. The van der Waals surface area contributed by atoms with Crippen molar-refractivity contribution in [3.05, 3.63) is 20.8 Å². The molecule has 0 aliphatic heterocycles. The lowest BCUT2D eigenvalue weighted by molar-refractivity contribution is 0.0722. The van der Waals surface area contributed by atoms with Gasteiger partial charge in [0.1, 0.15) is 0 Å². The van der Waals surface area contributed by atoms with E-state index in [1.807, 2.05) is 37.8 Å². The smallest absolute Gasteiger partial charge is 0.264 e. The minimum Gasteiger partial charge on any atom is -0.336 e. The maximum absolute atomic E-state index is 11.9. The number of carbonyl (C=O) groups excluding carboxylic acids is 1. The molecule has 0 bridgehead atoms. The van der Waals surface area contributed by atoms with Gasteiger partial charge in [-0.3, -0.25) is 4.79 Å². The molecule has 0 aromatic carbocycles. The Morgan fingerprint density at radius 3 is 2.57 bits per heavy atom. The Hall–Kier alpha value is -0.350. The Morgan fingerprint density at radius 1 is 1.57 bits per heavy atom. The van der Waals surface area contributed by atoms with Crippen molar-refractivity contribution in [2.24, 2.45) is 0 Å². The molecule has 14 heavy (non-hydrogen) atoms. The predicted octanol–water partition coefficient (Wildman–Crippen LogP) is 3.38. The second-order valence-corrected chi connectivity index (χ2v) is 5.75. The minimum atomic E-state index is 0.123. The van der Waals surface area contributed by atoms with E-state index in [1.54, 1.807) is 0 Å². The quantitative estimate of drug-likeness (QED) is 0.828. The summed E-state index contributed by atoms with van der Waals surface area (Å²) in [5.41, 5.74) is 0. The van der Waals surface area contributed by atoms with E-state index in [1.165, 1.54) is 11.3 Å². The fraction of sp³-hybridized carbons (Fsp3) is 0.500. The van der Waals surface area contributed by atoms with E-state index in [9.17, 15) is 4.79 Å². The Bertz CT molecular complexity index is 322. The Kier molecular flexibility index (Phi) is 4.13. The van der Waals surface area contributed by atoms with Crippen LogP contribution in [0.25, 0.3) is 0 Å². The maximum atomic E-state index is 11.9. The SMILES string of the molecule is CCN(C(=O)c1ccc(Br)s1)C(C)C. The zero-order valence-corrected chi connectivity index (χ0v) is 11.0. The van der Waals surface area contributed by atoms with Gasteiger partial charge in [-0.1, -0.05) is 0 Å². The molecule has 1 aromatic heterocycles. The van der Waals surface area contributed by atoms with E-state index in [0.717, 1.165) is 15.2 Å². The first-order valence-electron chi connectivity index (χ1n) is 4.62. The Morgan fingerprint density at radius 2 is 2.21 bits per heavy atom. The summed E-state index contributed by atoms with van der Waals surface area (Å²) in [6, 6.07) is 4.03. The molecule has 0 fully saturated rings. The van der Waals surface area contributed by atoms with Crippen molar-refractivity contribution < 1.29 is 4.79 Å². The van der Waals surface area contributed by atoms with Gasteiger partial charge in [0.25, 0.3) is 5.91 Å². The van der Waals surface area contributed by atoms with Gasteiger partial charge in [0, 0.05) is 12.6 Å². The van der Waals surface area contributed by atoms with E-state index >= 15 is 0 Å². The lowest BCUT2D eigenvalue weighted by Gasteiger charge is -2.24. The molecule has 1 heterocycles. The van der Waals surface area contributed by atoms with Crippen LogP contribution in [0.15, 0.2) is 15.9 Å². The van der Waals surface area contributed by atoms with Gasteiger partial charge in [0.05, 0.1) is 8.66 Å². The van der Waals surface area contributed by atoms with Crippen molar-refractivity contribution >= 4 is 33.2 Å². The third kappa shape index (κ3) is 2.58. The van der Waals surface area contributed by atoms with Crippen LogP contribution in [0.3, 0.4) is 0 Å². The van der Waals surface area contributed by atoms with Crippen LogP contribution in [0, 0.1) is 0 Å². The second kappa shape index (κ2) is 4.94. The molecule has 0 spiro atoms. The van der Waals surface area contributed by atoms with Crippen molar-refractivity contribution in [3.63, 3.8) is 0 Å². The molecule has 0 atom stereocenters. The lowest BCUT2D eigenvalue weighted by atomic mass is 10.3. The van der Waals surface area contributed by atoms with Gasteiger partial charge < -0.3 is 4.90 Å². The fourth-order valence-corrected chi connectivity index (χ4v) is 2.66. The zero-order valence-electron chi connectivity index (χ0n) is 8.58. The molecule has 0 aliphatic carbocycles. The van der Waals surface area contributed by atoms with Crippen molar-refractivity contribution in [2.75, 3.05) is 6.54 Å². The molecule has 4 heteroatoms. The normalized spacial score (nSPS) is 10.6. The molecular formula is C10H14BrNOS. The van der Waals surface area contributed by atoms with Crippen LogP contribution in [0.2, 0.25) is 0 Å². The van der Waals surface area contributed by atoms with E-state index in [-0.39, 0.29) is 11.9 Å². The molecule has 1 aromatic rings. The van der Waals surface area contributed by atoms with Crippen LogP contribution in [0.4, 0.5) is 0 Å². The summed E-state index contributed by atoms with van der Waals surface area (Å²) in [5.74, 6) is 0.123. The number of hydrogen-bond donors (Lipinski definition) is 0. The highest BCUT2D eigenvalue weighted by molar-refractivity contribution is 9.11. The standard InChI is InChI=1S/C10H14BrNOS/c1-4-12(7(2)3)10(13)8-5-6-9(11)14-8/h5-7H,4H2,1-3H3. The monoisotopic (exact) mass is 275 g/mol. The van der Waals surface area contributed by atoms with E-state index < -0.39 is 0 Å². The molecule has 0 aliphatic rings. The molecular weight excluding hydrogens is 262 g/mol. The summed E-state index contributed by atoms with van der Waals surface area (Å²) in [6.45, 7) is 6.82. The predicted molar refractivity (Wildman–Crippen MR) is 63.9 cm³/mol. The van der Waals surface area contributed by atoms with Crippen LogP contribution in [0.1, 0.15) is 30.4 Å². The van der Waals surface area contributed by atoms with Gasteiger partial charge in [-0.25, -0.2) is 0 Å². The summed E-state index contributed by atoms with van der Waals surface area (Å²) < 4.78 is 1.00. The zero-order chi connectivity index (χ0) is 10.7. The summed E-state index contributed by atoms with van der Waals surface area (Å²) >= 11 is 4.84. The first-order valence-corrected chi connectivity index (χ1v) is 6.23. The average molecular weight is 276 g/mol. The second-order valence-electron chi connectivity index (χ2n) is 3.29. The Balaban J connectivity index is 2.83. The van der Waals surface area contributed by atoms with Gasteiger partial charge in [-0.15, -0.1) is 11.3 Å². The topological polar surface area (TPSA) is 20.3 Å². The summed E-state index contributed by atoms with van der Waals surface area (Å²) in [6.07, 6.45) is 0. The first kappa shape index (κ1) is 11.7. The molecule has 1 rings (SSSR count). The van der Waals surface area contributed by atoms with Gasteiger partial charge in [-0.05, 0) is 48.8 Å². The molecule has 0 radical (unpaired) electrons. The summed E-state index contributed by atoms with van der Waals surface area (Å²) in [4.78, 5) is 14.6. The first-order chi connectivity index (χ1) is 6.56. The van der Waals surface area contributed by atoms with Crippen LogP contribution < -0.4 is 0 Å². The van der Waals surface area contributed by atoms with Crippen LogP contribution in [-0.4, -0.2) is 23.4 Å². The van der Waals surface area contributed by atoms with Crippen molar-refractivity contribution in [1.29, 1.82) is 0 Å². The third-order valence-corrected chi connectivity index (χ3v) is 3.62. The number of halogens is 1. The van der Waals surface area contributed by atoms with E-state index in [0.29, 0.717) is 0 Å². The molecule has 0 N–H and O–H groups in total.